The largest absolute Gasteiger partial charge is 0.322 e. The number of hydrogen-bond acceptors (Lipinski definition) is 3. The van der Waals surface area contributed by atoms with E-state index in [2.05, 4.69) is 10.3 Å². The summed E-state index contributed by atoms with van der Waals surface area (Å²) in [7, 11) is 1.77. The van der Waals surface area contributed by atoms with E-state index in [1.807, 2.05) is 0 Å². The van der Waals surface area contributed by atoms with Crippen LogP contribution in [0.15, 0.2) is 30.5 Å². The van der Waals surface area contributed by atoms with Crippen molar-refractivity contribution in [3.05, 3.63) is 47.5 Å². The van der Waals surface area contributed by atoms with E-state index in [1.165, 1.54) is 6.07 Å². The van der Waals surface area contributed by atoms with Crippen molar-refractivity contribution in [2.45, 2.75) is 12.5 Å². The molecule has 0 bridgehead atoms. The zero-order valence-corrected chi connectivity index (χ0v) is 8.97. The van der Waals surface area contributed by atoms with Gasteiger partial charge < -0.3 is 5.73 Å². The van der Waals surface area contributed by atoms with Crippen molar-refractivity contribution >= 4 is 0 Å². The van der Waals surface area contributed by atoms with Crippen LogP contribution in [0, 0.1) is 5.82 Å². The second-order valence-corrected chi connectivity index (χ2v) is 3.68. The maximum atomic E-state index is 13.4. The zero-order valence-electron chi connectivity index (χ0n) is 8.97. The summed E-state index contributed by atoms with van der Waals surface area (Å²) < 4.78 is 15.0. The summed E-state index contributed by atoms with van der Waals surface area (Å²) in [5.41, 5.74) is 7.38. The van der Waals surface area contributed by atoms with Gasteiger partial charge in [0.1, 0.15) is 5.82 Å². The molecular weight excluding hydrogens is 207 g/mol. The van der Waals surface area contributed by atoms with E-state index in [-0.39, 0.29) is 11.9 Å². The van der Waals surface area contributed by atoms with E-state index in [0.29, 0.717) is 12.0 Å². The van der Waals surface area contributed by atoms with E-state index in [1.54, 1.807) is 36.1 Å². The first-order chi connectivity index (χ1) is 7.68. The Labute approximate surface area is 92.9 Å². The van der Waals surface area contributed by atoms with Gasteiger partial charge >= 0.3 is 0 Å². The number of nitrogens with two attached hydrogens (primary N) is 1. The number of nitrogens with zero attached hydrogens (tertiary/aromatic N) is 3. The molecule has 0 fully saturated rings. The Morgan fingerprint density at radius 2 is 2.19 bits per heavy atom. The predicted molar refractivity (Wildman–Crippen MR) is 58.0 cm³/mol. The lowest BCUT2D eigenvalue weighted by atomic mass is 10.0. The van der Waals surface area contributed by atoms with Crippen LogP contribution in [-0.4, -0.2) is 15.0 Å². The topological polar surface area (TPSA) is 56.7 Å². The molecule has 0 saturated heterocycles. The minimum atomic E-state index is -0.295. The molecule has 1 heterocycles. The molecule has 0 saturated carbocycles. The van der Waals surface area contributed by atoms with Gasteiger partial charge in [-0.2, -0.15) is 0 Å². The second kappa shape index (κ2) is 4.40. The predicted octanol–water partition coefficient (Wildman–Crippen LogP) is 1.20. The molecule has 4 nitrogen and oxygen atoms in total. The molecule has 16 heavy (non-hydrogen) atoms. The summed E-state index contributed by atoms with van der Waals surface area (Å²) in [6.45, 7) is 0. The third-order valence-electron chi connectivity index (χ3n) is 2.53. The Morgan fingerprint density at radius 1 is 1.44 bits per heavy atom. The molecule has 1 atom stereocenters. The van der Waals surface area contributed by atoms with Gasteiger partial charge in [-0.1, -0.05) is 23.4 Å². The molecule has 5 heteroatoms. The molecule has 0 spiro atoms. The van der Waals surface area contributed by atoms with Gasteiger partial charge in [-0.25, -0.2) is 4.39 Å². The monoisotopic (exact) mass is 220 g/mol. The van der Waals surface area contributed by atoms with Crippen LogP contribution < -0.4 is 5.73 Å². The van der Waals surface area contributed by atoms with Crippen LogP contribution in [0.4, 0.5) is 4.39 Å². The van der Waals surface area contributed by atoms with Crippen molar-refractivity contribution in [3.63, 3.8) is 0 Å². The Kier molecular flexibility index (Phi) is 2.96. The normalized spacial score (nSPS) is 12.7. The summed E-state index contributed by atoms with van der Waals surface area (Å²) in [4.78, 5) is 0. The van der Waals surface area contributed by atoms with Crippen LogP contribution in [0.5, 0.6) is 0 Å². The highest BCUT2D eigenvalue weighted by atomic mass is 19.1. The van der Waals surface area contributed by atoms with Crippen molar-refractivity contribution in [1.82, 2.24) is 15.0 Å². The number of hydrogen-bond donors (Lipinski definition) is 1. The molecule has 0 aliphatic heterocycles. The molecule has 0 amide bonds. The smallest absolute Gasteiger partial charge is 0.126 e. The molecule has 2 rings (SSSR count). The van der Waals surface area contributed by atoms with E-state index >= 15 is 0 Å². The lowest BCUT2D eigenvalue weighted by Gasteiger charge is -2.11. The molecule has 0 radical (unpaired) electrons. The highest BCUT2D eigenvalue weighted by Crippen LogP contribution is 2.16. The quantitative estimate of drug-likeness (QED) is 0.845. The fraction of sp³-hybridized carbons (Fsp3) is 0.273. The third-order valence-corrected chi connectivity index (χ3v) is 2.53. The van der Waals surface area contributed by atoms with E-state index in [4.69, 9.17) is 5.73 Å². The van der Waals surface area contributed by atoms with E-state index < -0.39 is 0 Å². The Balaban J connectivity index is 2.17. The fourth-order valence-electron chi connectivity index (χ4n) is 1.64. The van der Waals surface area contributed by atoms with Crippen molar-refractivity contribution in [2.24, 2.45) is 12.8 Å². The van der Waals surface area contributed by atoms with Crippen molar-refractivity contribution in [3.8, 4) is 0 Å². The number of rotatable bonds is 3. The summed E-state index contributed by atoms with van der Waals surface area (Å²) in [6, 6.07) is 6.34. The third kappa shape index (κ3) is 2.09. The van der Waals surface area contributed by atoms with Gasteiger partial charge in [0.15, 0.2) is 0 Å². The van der Waals surface area contributed by atoms with Crippen LogP contribution in [0.1, 0.15) is 17.3 Å². The summed E-state index contributed by atoms with van der Waals surface area (Å²) in [5, 5.41) is 7.54. The summed E-state index contributed by atoms with van der Waals surface area (Å²) in [5.74, 6) is -0.229. The van der Waals surface area contributed by atoms with Gasteiger partial charge in [0.25, 0.3) is 0 Å². The second-order valence-electron chi connectivity index (χ2n) is 3.68. The number of halogens is 1. The van der Waals surface area contributed by atoms with Gasteiger partial charge in [0.05, 0.1) is 17.9 Å². The van der Waals surface area contributed by atoms with Crippen LogP contribution in [0.2, 0.25) is 0 Å². The molecule has 2 aromatic rings. The van der Waals surface area contributed by atoms with Gasteiger partial charge in [-0.15, -0.1) is 5.10 Å². The first kappa shape index (κ1) is 10.8. The van der Waals surface area contributed by atoms with Crippen LogP contribution in [0.25, 0.3) is 0 Å². The highest BCUT2D eigenvalue weighted by Gasteiger charge is 2.13. The van der Waals surface area contributed by atoms with Gasteiger partial charge in [0, 0.05) is 7.05 Å². The SMILES string of the molecule is Cn1nncc1C(N)Cc1ccccc1F. The van der Waals surface area contributed by atoms with Gasteiger partial charge in [-0.05, 0) is 18.1 Å². The zero-order chi connectivity index (χ0) is 11.5. The first-order valence-corrected chi connectivity index (χ1v) is 5.02. The molecule has 1 unspecified atom stereocenters. The molecule has 0 aliphatic rings. The molecule has 1 aromatic heterocycles. The van der Waals surface area contributed by atoms with Crippen LogP contribution in [-0.2, 0) is 13.5 Å². The number of benzene rings is 1. The maximum absolute atomic E-state index is 13.4. The Hall–Kier alpha value is -1.75. The lowest BCUT2D eigenvalue weighted by Crippen LogP contribution is -2.17. The van der Waals surface area contributed by atoms with Crippen molar-refractivity contribution in [2.75, 3.05) is 0 Å². The molecule has 0 aliphatic carbocycles. The average Bonchev–Trinajstić information content (AvgIpc) is 2.68. The highest BCUT2D eigenvalue weighted by molar-refractivity contribution is 5.20. The summed E-state index contributed by atoms with van der Waals surface area (Å²) >= 11 is 0. The molecular formula is C11H13FN4. The standard InChI is InChI=1S/C11H13FN4/c1-16-11(7-14-15-16)10(13)6-8-4-2-3-5-9(8)12/h2-5,7,10H,6,13H2,1H3. The van der Waals surface area contributed by atoms with Crippen LogP contribution in [0.3, 0.4) is 0 Å². The average molecular weight is 220 g/mol. The van der Waals surface area contributed by atoms with E-state index in [9.17, 15) is 4.39 Å². The Bertz CT molecular complexity index is 480. The van der Waals surface area contributed by atoms with Crippen LogP contribution >= 0.6 is 0 Å². The summed E-state index contributed by atoms with van der Waals surface area (Å²) in [6.07, 6.45) is 2.04. The number of aromatic nitrogens is 3. The van der Waals surface area contributed by atoms with Crippen molar-refractivity contribution in [1.29, 1.82) is 0 Å². The number of aryl methyl sites for hydroxylation is 1. The minimum absolute atomic E-state index is 0.229. The maximum Gasteiger partial charge on any atom is 0.126 e. The van der Waals surface area contributed by atoms with Crippen molar-refractivity contribution < 1.29 is 4.39 Å². The first-order valence-electron chi connectivity index (χ1n) is 5.02. The van der Waals surface area contributed by atoms with E-state index in [0.717, 1.165) is 5.69 Å². The molecule has 2 N–H and O–H groups in total. The van der Waals surface area contributed by atoms with Gasteiger partial charge in [0.2, 0.25) is 0 Å². The Morgan fingerprint density at radius 3 is 2.81 bits per heavy atom. The fourth-order valence-corrected chi connectivity index (χ4v) is 1.64. The molecule has 1 aromatic carbocycles. The lowest BCUT2D eigenvalue weighted by molar-refractivity contribution is 0.571. The van der Waals surface area contributed by atoms with Gasteiger partial charge in [-0.3, -0.25) is 4.68 Å². The minimum Gasteiger partial charge on any atom is -0.322 e. The molecule has 84 valence electrons.